The standard InChI is InChI=1S/C31H23N3O/c1-21(18-32)30-25-16-15-22(17-24(25)20-35-29-14-8-5-11-26(29)30)19-34-28-13-7-6-12-27(28)33-31(34)23-9-3-2-4-10-23/h2-17H,19-20H2,1H3. The molecule has 35 heavy (non-hydrogen) atoms. The number of ether oxygens (including phenoxy) is 1. The number of aromatic nitrogens is 2. The van der Waals surface area contributed by atoms with Gasteiger partial charge in [0, 0.05) is 28.8 Å². The second-order valence-corrected chi connectivity index (χ2v) is 8.76. The second-order valence-electron chi connectivity index (χ2n) is 8.76. The van der Waals surface area contributed by atoms with Gasteiger partial charge in [-0.2, -0.15) is 5.26 Å². The Morgan fingerprint density at radius 1 is 0.914 bits per heavy atom. The summed E-state index contributed by atoms with van der Waals surface area (Å²) in [5.74, 6) is 1.76. The molecule has 0 aliphatic carbocycles. The number of imidazole rings is 1. The van der Waals surface area contributed by atoms with E-state index in [4.69, 9.17) is 9.72 Å². The van der Waals surface area contributed by atoms with E-state index in [1.165, 1.54) is 0 Å². The van der Waals surface area contributed by atoms with Crippen LogP contribution in [0.3, 0.4) is 0 Å². The van der Waals surface area contributed by atoms with Gasteiger partial charge in [0.05, 0.1) is 17.1 Å². The normalized spacial score (nSPS) is 13.8. The molecular weight excluding hydrogens is 430 g/mol. The largest absolute Gasteiger partial charge is 0.488 e. The van der Waals surface area contributed by atoms with Gasteiger partial charge in [-0.05, 0) is 47.9 Å². The number of fused-ring (bicyclic) bond motifs is 3. The summed E-state index contributed by atoms with van der Waals surface area (Å²) in [5, 5.41) is 9.74. The predicted octanol–water partition coefficient (Wildman–Crippen LogP) is 6.99. The Kier molecular flexibility index (Phi) is 5.16. The molecule has 0 saturated carbocycles. The van der Waals surface area contributed by atoms with Crippen LogP contribution in [0.1, 0.15) is 29.2 Å². The van der Waals surface area contributed by atoms with Crippen molar-refractivity contribution < 1.29 is 4.74 Å². The van der Waals surface area contributed by atoms with Gasteiger partial charge in [0.25, 0.3) is 0 Å². The zero-order chi connectivity index (χ0) is 23.8. The molecule has 1 aliphatic heterocycles. The summed E-state index contributed by atoms with van der Waals surface area (Å²) >= 11 is 0. The summed E-state index contributed by atoms with van der Waals surface area (Å²) in [5.41, 5.74) is 9.06. The Morgan fingerprint density at radius 2 is 1.69 bits per heavy atom. The zero-order valence-electron chi connectivity index (χ0n) is 19.4. The van der Waals surface area contributed by atoms with E-state index in [2.05, 4.69) is 59.2 Å². The molecule has 2 heterocycles. The maximum atomic E-state index is 9.74. The van der Waals surface area contributed by atoms with E-state index in [1.807, 2.05) is 55.5 Å². The fraction of sp³-hybridized carbons (Fsp3) is 0.0968. The molecule has 0 fully saturated rings. The van der Waals surface area contributed by atoms with E-state index in [-0.39, 0.29) is 0 Å². The van der Waals surface area contributed by atoms with Gasteiger partial charge in [0.1, 0.15) is 18.2 Å². The van der Waals surface area contributed by atoms with Crippen molar-refractivity contribution in [2.24, 2.45) is 0 Å². The third-order valence-electron chi connectivity index (χ3n) is 6.55. The van der Waals surface area contributed by atoms with Gasteiger partial charge in [0.15, 0.2) is 0 Å². The van der Waals surface area contributed by atoms with Crippen molar-refractivity contribution in [3.05, 3.63) is 125 Å². The lowest BCUT2D eigenvalue weighted by Crippen LogP contribution is -2.04. The fourth-order valence-electron chi connectivity index (χ4n) is 4.89. The van der Waals surface area contributed by atoms with Crippen LogP contribution < -0.4 is 4.74 Å². The maximum Gasteiger partial charge on any atom is 0.141 e. The molecule has 0 unspecified atom stereocenters. The quantitative estimate of drug-likeness (QED) is 0.277. The Labute approximate surface area is 204 Å². The number of hydrogen-bond donors (Lipinski definition) is 0. The van der Waals surface area contributed by atoms with Crippen LogP contribution in [0.4, 0.5) is 0 Å². The smallest absolute Gasteiger partial charge is 0.141 e. The van der Waals surface area contributed by atoms with E-state index in [1.54, 1.807) is 0 Å². The number of hydrogen-bond acceptors (Lipinski definition) is 3. The average molecular weight is 454 g/mol. The molecular formula is C31H23N3O. The molecule has 0 N–H and O–H groups in total. The Hall–Kier alpha value is -4.62. The molecule has 4 nitrogen and oxygen atoms in total. The number of nitriles is 1. The van der Waals surface area contributed by atoms with Crippen LogP contribution in [-0.2, 0) is 13.2 Å². The first-order chi connectivity index (χ1) is 17.2. The van der Waals surface area contributed by atoms with Crippen molar-refractivity contribution in [2.45, 2.75) is 20.1 Å². The monoisotopic (exact) mass is 453 g/mol. The lowest BCUT2D eigenvalue weighted by Gasteiger charge is -2.14. The highest BCUT2D eigenvalue weighted by molar-refractivity contribution is 5.88. The first-order valence-electron chi connectivity index (χ1n) is 11.7. The summed E-state index contributed by atoms with van der Waals surface area (Å²) in [6, 6.07) is 35.4. The average Bonchev–Trinajstić information content (AvgIpc) is 3.18. The lowest BCUT2D eigenvalue weighted by atomic mass is 9.90. The molecule has 0 atom stereocenters. The van der Waals surface area contributed by atoms with Gasteiger partial charge in [-0.25, -0.2) is 4.98 Å². The van der Waals surface area contributed by atoms with Crippen LogP contribution in [0.5, 0.6) is 5.75 Å². The Morgan fingerprint density at radius 3 is 2.54 bits per heavy atom. The molecule has 1 aliphatic rings. The molecule has 0 bridgehead atoms. The molecule has 4 aromatic carbocycles. The van der Waals surface area contributed by atoms with Crippen LogP contribution in [0.2, 0.25) is 0 Å². The van der Waals surface area contributed by atoms with Crippen LogP contribution in [-0.4, -0.2) is 9.55 Å². The third kappa shape index (κ3) is 3.68. The van der Waals surface area contributed by atoms with Gasteiger partial charge in [-0.3, -0.25) is 0 Å². The van der Waals surface area contributed by atoms with E-state index in [0.29, 0.717) is 18.7 Å². The van der Waals surface area contributed by atoms with Crippen LogP contribution in [0, 0.1) is 11.3 Å². The highest BCUT2D eigenvalue weighted by Gasteiger charge is 2.22. The van der Waals surface area contributed by atoms with Gasteiger partial charge in [-0.15, -0.1) is 0 Å². The number of benzene rings is 4. The summed E-state index contributed by atoms with van der Waals surface area (Å²) in [7, 11) is 0. The minimum atomic E-state index is 0.457. The Bertz CT molecular complexity index is 1640. The summed E-state index contributed by atoms with van der Waals surface area (Å²) in [6.45, 7) is 3.01. The molecule has 4 heteroatoms. The molecule has 0 radical (unpaired) electrons. The van der Waals surface area contributed by atoms with Crippen LogP contribution >= 0.6 is 0 Å². The van der Waals surface area contributed by atoms with Gasteiger partial charge in [-0.1, -0.05) is 72.8 Å². The van der Waals surface area contributed by atoms with Crippen molar-refractivity contribution in [1.82, 2.24) is 9.55 Å². The number of nitrogens with zero attached hydrogens (tertiary/aromatic N) is 3. The first-order valence-corrected chi connectivity index (χ1v) is 11.7. The number of para-hydroxylation sites is 3. The van der Waals surface area contributed by atoms with Crippen molar-refractivity contribution in [2.75, 3.05) is 0 Å². The predicted molar refractivity (Wildman–Crippen MR) is 139 cm³/mol. The zero-order valence-corrected chi connectivity index (χ0v) is 19.4. The first kappa shape index (κ1) is 20.9. The SMILES string of the molecule is CC(C#N)=C1c2ccc(Cn3c(-c4ccccc4)nc4ccccc43)cc2COc2ccccc21. The van der Waals surface area contributed by atoms with E-state index >= 15 is 0 Å². The molecule has 0 amide bonds. The van der Waals surface area contributed by atoms with Crippen molar-refractivity contribution in [3.63, 3.8) is 0 Å². The van der Waals surface area contributed by atoms with Crippen LogP contribution in [0.15, 0.2) is 103 Å². The molecule has 6 rings (SSSR count). The lowest BCUT2D eigenvalue weighted by molar-refractivity contribution is 0.307. The second kappa shape index (κ2) is 8.62. The molecule has 0 saturated heterocycles. The summed E-state index contributed by atoms with van der Waals surface area (Å²) in [6.07, 6.45) is 0. The van der Waals surface area contributed by atoms with Crippen molar-refractivity contribution in [1.29, 1.82) is 5.26 Å². The van der Waals surface area contributed by atoms with Gasteiger partial charge < -0.3 is 9.30 Å². The highest BCUT2D eigenvalue weighted by atomic mass is 16.5. The highest BCUT2D eigenvalue weighted by Crippen LogP contribution is 2.39. The summed E-state index contributed by atoms with van der Waals surface area (Å²) < 4.78 is 8.46. The fourth-order valence-corrected chi connectivity index (χ4v) is 4.89. The Balaban J connectivity index is 1.47. The van der Waals surface area contributed by atoms with E-state index in [9.17, 15) is 5.26 Å². The molecule has 5 aromatic rings. The van der Waals surface area contributed by atoms with Crippen molar-refractivity contribution >= 4 is 16.6 Å². The minimum absolute atomic E-state index is 0.457. The maximum absolute atomic E-state index is 9.74. The van der Waals surface area contributed by atoms with Gasteiger partial charge >= 0.3 is 0 Å². The molecule has 168 valence electrons. The molecule has 0 spiro atoms. The topological polar surface area (TPSA) is 50.8 Å². The summed E-state index contributed by atoms with van der Waals surface area (Å²) in [4.78, 5) is 4.95. The van der Waals surface area contributed by atoms with E-state index in [0.717, 1.165) is 56.0 Å². The van der Waals surface area contributed by atoms with E-state index < -0.39 is 0 Å². The third-order valence-corrected chi connectivity index (χ3v) is 6.55. The minimum Gasteiger partial charge on any atom is -0.488 e. The van der Waals surface area contributed by atoms with Crippen LogP contribution in [0.25, 0.3) is 28.0 Å². The molecule has 1 aromatic heterocycles. The van der Waals surface area contributed by atoms with Crippen molar-refractivity contribution in [3.8, 4) is 23.2 Å². The number of rotatable bonds is 3. The number of allylic oxidation sites excluding steroid dienone is 1. The van der Waals surface area contributed by atoms with Gasteiger partial charge in [0.2, 0.25) is 0 Å².